The van der Waals surface area contributed by atoms with Gasteiger partial charge in [0.15, 0.2) is 11.5 Å². The molecule has 0 amide bonds. The highest BCUT2D eigenvalue weighted by Crippen LogP contribution is 2.23. The van der Waals surface area contributed by atoms with Crippen LogP contribution in [0.15, 0.2) is 63.7 Å². The SMILES string of the molecule is CN(Cc1ccco1)c1ccc(-c2nc(-c3ccc(Cl)cc3)no2)nn1. The molecule has 0 radical (unpaired) electrons. The highest BCUT2D eigenvalue weighted by Gasteiger charge is 2.13. The Labute approximate surface area is 154 Å². The second-order valence-electron chi connectivity index (χ2n) is 5.64. The monoisotopic (exact) mass is 367 g/mol. The lowest BCUT2D eigenvalue weighted by atomic mass is 10.2. The Morgan fingerprint density at radius 2 is 1.88 bits per heavy atom. The van der Waals surface area contributed by atoms with E-state index < -0.39 is 0 Å². The number of nitrogens with zero attached hydrogens (tertiary/aromatic N) is 5. The van der Waals surface area contributed by atoms with E-state index in [2.05, 4.69) is 20.3 Å². The molecular formula is C18H14ClN5O2. The summed E-state index contributed by atoms with van der Waals surface area (Å²) in [7, 11) is 1.91. The first kappa shape index (κ1) is 16.3. The largest absolute Gasteiger partial charge is 0.467 e. The Balaban J connectivity index is 1.51. The minimum Gasteiger partial charge on any atom is -0.467 e. The van der Waals surface area contributed by atoms with Crippen LogP contribution in [-0.4, -0.2) is 27.4 Å². The van der Waals surface area contributed by atoms with Crippen molar-refractivity contribution in [3.63, 3.8) is 0 Å². The molecule has 0 unspecified atom stereocenters. The highest BCUT2D eigenvalue weighted by atomic mass is 35.5. The minimum absolute atomic E-state index is 0.308. The normalized spacial score (nSPS) is 10.8. The van der Waals surface area contributed by atoms with Crippen molar-refractivity contribution in [2.24, 2.45) is 0 Å². The van der Waals surface area contributed by atoms with Crippen LogP contribution >= 0.6 is 11.6 Å². The van der Waals surface area contributed by atoms with E-state index in [1.807, 2.05) is 42.3 Å². The number of aromatic nitrogens is 4. The van der Waals surface area contributed by atoms with Gasteiger partial charge in [0.05, 0.1) is 12.8 Å². The third kappa shape index (κ3) is 3.43. The summed E-state index contributed by atoms with van der Waals surface area (Å²) < 4.78 is 10.6. The van der Waals surface area contributed by atoms with Gasteiger partial charge in [0.25, 0.3) is 5.89 Å². The molecule has 0 aliphatic heterocycles. The van der Waals surface area contributed by atoms with Gasteiger partial charge in [0.2, 0.25) is 5.82 Å². The highest BCUT2D eigenvalue weighted by molar-refractivity contribution is 6.30. The molecule has 0 spiro atoms. The van der Waals surface area contributed by atoms with Crippen molar-refractivity contribution in [3.05, 3.63) is 65.6 Å². The van der Waals surface area contributed by atoms with Gasteiger partial charge >= 0.3 is 0 Å². The molecule has 4 rings (SSSR count). The fraction of sp³-hybridized carbons (Fsp3) is 0.111. The maximum atomic E-state index is 5.89. The summed E-state index contributed by atoms with van der Waals surface area (Å²) >= 11 is 5.89. The van der Waals surface area contributed by atoms with E-state index in [0.29, 0.717) is 34.8 Å². The Kier molecular flexibility index (Phi) is 4.37. The standard InChI is InChI=1S/C18H14ClN5O2/c1-24(11-14-3-2-10-25-14)16-9-8-15(21-22-16)18-20-17(23-26-18)12-4-6-13(19)7-5-12/h2-10H,11H2,1H3. The molecule has 8 heteroatoms. The first-order valence-electron chi connectivity index (χ1n) is 7.86. The molecule has 0 aliphatic carbocycles. The van der Waals surface area contributed by atoms with Gasteiger partial charge in [-0.1, -0.05) is 16.8 Å². The van der Waals surface area contributed by atoms with Crippen LogP contribution in [0.4, 0.5) is 5.82 Å². The third-order valence-corrected chi connectivity index (χ3v) is 4.01. The van der Waals surface area contributed by atoms with E-state index >= 15 is 0 Å². The van der Waals surface area contributed by atoms with Crippen molar-refractivity contribution in [1.29, 1.82) is 0 Å². The summed E-state index contributed by atoms with van der Waals surface area (Å²) in [5.74, 6) is 2.34. The fourth-order valence-corrected chi connectivity index (χ4v) is 2.53. The summed E-state index contributed by atoms with van der Waals surface area (Å²) in [5.41, 5.74) is 1.32. The molecule has 0 aliphatic rings. The van der Waals surface area contributed by atoms with Gasteiger partial charge in [0.1, 0.15) is 5.76 Å². The summed E-state index contributed by atoms with van der Waals surface area (Å²) in [6.07, 6.45) is 1.64. The molecule has 7 nitrogen and oxygen atoms in total. The molecule has 0 N–H and O–H groups in total. The summed E-state index contributed by atoms with van der Waals surface area (Å²) in [6.45, 7) is 0.600. The summed E-state index contributed by atoms with van der Waals surface area (Å²) in [5, 5.41) is 13.0. The molecule has 3 aromatic heterocycles. The van der Waals surface area contributed by atoms with Gasteiger partial charge in [-0.05, 0) is 48.5 Å². The average Bonchev–Trinajstić information content (AvgIpc) is 3.34. The van der Waals surface area contributed by atoms with Gasteiger partial charge in [-0.3, -0.25) is 0 Å². The first-order chi connectivity index (χ1) is 12.7. The molecule has 26 heavy (non-hydrogen) atoms. The molecule has 0 atom stereocenters. The first-order valence-corrected chi connectivity index (χ1v) is 8.24. The van der Waals surface area contributed by atoms with E-state index in [9.17, 15) is 0 Å². The molecule has 0 saturated carbocycles. The van der Waals surface area contributed by atoms with Gasteiger partial charge in [-0.15, -0.1) is 10.2 Å². The predicted octanol–water partition coefficient (Wildman–Crippen LogP) is 4.08. The predicted molar refractivity (Wildman–Crippen MR) is 96.6 cm³/mol. The summed E-state index contributed by atoms with van der Waals surface area (Å²) in [4.78, 5) is 6.30. The number of hydrogen-bond acceptors (Lipinski definition) is 7. The van der Waals surface area contributed by atoms with E-state index in [1.54, 1.807) is 24.5 Å². The van der Waals surface area contributed by atoms with Crippen LogP contribution in [0.1, 0.15) is 5.76 Å². The van der Waals surface area contributed by atoms with Gasteiger partial charge < -0.3 is 13.8 Å². The van der Waals surface area contributed by atoms with Gasteiger partial charge in [-0.25, -0.2) is 0 Å². The van der Waals surface area contributed by atoms with Crippen LogP contribution < -0.4 is 4.90 Å². The average molecular weight is 368 g/mol. The molecule has 0 saturated heterocycles. The summed E-state index contributed by atoms with van der Waals surface area (Å²) in [6, 6.07) is 14.6. The van der Waals surface area contributed by atoms with Crippen molar-refractivity contribution in [3.8, 4) is 23.0 Å². The Bertz CT molecular complexity index is 981. The minimum atomic E-state index is 0.308. The number of furan rings is 1. The third-order valence-electron chi connectivity index (χ3n) is 3.76. The van der Waals surface area contributed by atoms with Crippen molar-refractivity contribution in [2.75, 3.05) is 11.9 Å². The van der Waals surface area contributed by atoms with E-state index in [4.69, 9.17) is 20.5 Å². The lowest BCUT2D eigenvalue weighted by Crippen LogP contribution is -2.17. The second-order valence-corrected chi connectivity index (χ2v) is 6.08. The van der Waals surface area contributed by atoms with Crippen molar-refractivity contribution < 1.29 is 8.94 Å². The van der Waals surface area contributed by atoms with Crippen LogP contribution in [0.2, 0.25) is 5.02 Å². The molecule has 0 bridgehead atoms. The number of rotatable bonds is 5. The van der Waals surface area contributed by atoms with E-state index in [0.717, 1.165) is 11.3 Å². The Hall–Kier alpha value is -3.19. The number of benzene rings is 1. The molecule has 4 aromatic rings. The van der Waals surface area contributed by atoms with Gasteiger partial charge in [0, 0.05) is 17.6 Å². The Morgan fingerprint density at radius 3 is 2.58 bits per heavy atom. The smallest absolute Gasteiger partial charge is 0.278 e. The topological polar surface area (TPSA) is 81.1 Å². The van der Waals surface area contributed by atoms with Crippen molar-refractivity contribution in [1.82, 2.24) is 20.3 Å². The maximum Gasteiger partial charge on any atom is 0.278 e. The van der Waals surface area contributed by atoms with Crippen LogP contribution in [0.5, 0.6) is 0 Å². The van der Waals surface area contributed by atoms with E-state index in [-0.39, 0.29) is 0 Å². The number of halogens is 1. The number of hydrogen-bond donors (Lipinski definition) is 0. The zero-order chi connectivity index (χ0) is 17.9. The van der Waals surface area contributed by atoms with Gasteiger partial charge in [-0.2, -0.15) is 4.98 Å². The van der Waals surface area contributed by atoms with E-state index in [1.165, 1.54) is 0 Å². The molecule has 130 valence electrons. The fourth-order valence-electron chi connectivity index (χ4n) is 2.40. The molecule has 1 aromatic carbocycles. The van der Waals surface area contributed by atoms with Crippen LogP contribution in [0, 0.1) is 0 Å². The van der Waals surface area contributed by atoms with Crippen LogP contribution in [0.25, 0.3) is 23.0 Å². The zero-order valence-electron chi connectivity index (χ0n) is 13.8. The zero-order valence-corrected chi connectivity index (χ0v) is 14.6. The molecular weight excluding hydrogens is 354 g/mol. The van der Waals surface area contributed by atoms with Crippen molar-refractivity contribution >= 4 is 17.4 Å². The lowest BCUT2D eigenvalue weighted by Gasteiger charge is -2.15. The van der Waals surface area contributed by atoms with Crippen LogP contribution in [-0.2, 0) is 6.54 Å². The molecule has 0 fully saturated rings. The van der Waals surface area contributed by atoms with Crippen molar-refractivity contribution in [2.45, 2.75) is 6.54 Å². The quantitative estimate of drug-likeness (QED) is 0.525. The molecule has 3 heterocycles. The maximum absolute atomic E-state index is 5.89. The second kappa shape index (κ2) is 6.97. The lowest BCUT2D eigenvalue weighted by molar-refractivity contribution is 0.430. The van der Waals surface area contributed by atoms with Crippen LogP contribution in [0.3, 0.4) is 0 Å². The number of anilines is 1. The Morgan fingerprint density at radius 1 is 1.04 bits per heavy atom.